The maximum atomic E-state index is 2.41. The Bertz CT molecular complexity index is 198. The molecule has 0 amide bonds. The van der Waals surface area contributed by atoms with E-state index in [1.54, 1.807) is 5.57 Å². The number of hydrogen-bond donors (Lipinski definition) is 0. The second kappa shape index (κ2) is 6.35. The molecule has 0 aliphatic heterocycles. The van der Waals surface area contributed by atoms with Gasteiger partial charge in [0.25, 0.3) is 0 Å². The molecule has 0 saturated carbocycles. The van der Waals surface area contributed by atoms with Crippen LogP contribution in [-0.4, -0.2) is 0 Å². The molecule has 0 rings (SSSR count). The van der Waals surface area contributed by atoms with Crippen LogP contribution in [0, 0.1) is 29.6 Å². The molecule has 0 bridgehead atoms. The second-order valence-corrected chi connectivity index (χ2v) is 5.91. The highest BCUT2D eigenvalue weighted by molar-refractivity contribution is 5.05. The molecule has 15 heavy (non-hydrogen) atoms. The Balaban J connectivity index is 4.50. The number of rotatable bonds is 5. The van der Waals surface area contributed by atoms with Crippen molar-refractivity contribution < 1.29 is 0 Å². The summed E-state index contributed by atoms with van der Waals surface area (Å²) >= 11 is 0. The lowest BCUT2D eigenvalue weighted by Gasteiger charge is -2.29. The Kier molecular flexibility index (Phi) is 6.24. The molecule has 90 valence electrons. The van der Waals surface area contributed by atoms with E-state index in [1.165, 1.54) is 0 Å². The fourth-order valence-corrected chi connectivity index (χ4v) is 2.15. The lowest BCUT2D eigenvalue weighted by Crippen LogP contribution is -2.21. The van der Waals surface area contributed by atoms with Gasteiger partial charge in [-0.25, -0.2) is 0 Å². The van der Waals surface area contributed by atoms with Gasteiger partial charge in [-0.2, -0.15) is 0 Å². The molecule has 0 aromatic carbocycles. The molecule has 0 aliphatic carbocycles. The van der Waals surface area contributed by atoms with Gasteiger partial charge in [-0.15, -0.1) is 0 Å². The standard InChI is InChI=1S/C15H30/c1-10(2)9-12(5)14(7)15(8)13(6)11(3)4/h9-11,13-15H,1-8H3/b12-9-. The summed E-state index contributed by atoms with van der Waals surface area (Å²) in [4.78, 5) is 0. The van der Waals surface area contributed by atoms with Crippen LogP contribution in [0.15, 0.2) is 11.6 Å². The van der Waals surface area contributed by atoms with Crippen molar-refractivity contribution in [1.82, 2.24) is 0 Å². The van der Waals surface area contributed by atoms with E-state index in [-0.39, 0.29) is 0 Å². The molecular formula is C15H30. The first kappa shape index (κ1) is 14.7. The van der Waals surface area contributed by atoms with Crippen molar-refractivity contribution in [3.8, 4) is 0 Å². The van der Waals surface area contributed by atoms with E-state index in [0.717, 1.165) is 17.8 Å². The van der Waals surface area contributed by atoms with Gasteiger partial charge in [0.1, 0.15) is 0 Å². The summed E-state index contributed by atoms with van der Waals surface area (Å²) in [6.45, 7) is 18.6. The third kappa shape index (κ3) is 4.86. The quantitative estimate of drug-likeness (QED) is 0.550. The number of hydrogen-bond acceptors (Lipinski definition) is 0. The summed E-state index contributed by atoms with van der Waals surface area (Å²) in [5.74, 6) is 3.75. The molecule has 0 radical (unpaired) electrons. The van der Waals surface area contributed by atoms with Crippen LogP contribution < -0.4 is 0 Å². The highest BCUT2D eigenvalue weighted by atomic mass is 14.3. The molecule has 0 heterocycles. The summed E-state index contributed by atoms with van der Waals surface area (Å²) in [5.41, 5.74) is 1.56. The zero-order valence-electron chi connectivity index (χ0n) is 12.0. The van der Waals surface area contributed by atoms with Gasteiger partial charge in [0.15, 0.2) is 0 Å². The second-order valence-electron chi connectivity index (χ2n) is 5.91. The van der Waals surface area contributed by atoms with Crippen LogP contribution in [0.2, 0.25) is 0 Å². The van der Waals surface area contributed by atoms with Gasteiger partial charge in [0, 0.05) is 0 Å². The SMILES string of the molecule is C/C(=C/C(C)C)C(C)C(C)C(C)C(C)C. The molecule has 3 unspecified atom stereocenters. The molecule has 0 saturated heterocycles. The molecule has 0 aliphatic rings. The summed E-state index contributed by atoms with van der Waals surface area (Å²) < 4.78 is 0. The number of allylic oxidation sites excluding steroid dienone is 2. The third-order valence-electron chi connectivity index (χ3n) is 3.98. The highest BCUT2D eigenvalue weighted by Crippen LogP contribution is 2.31. The van der Waals surface area contributed by atoms with Crippen molar-refractivity contribution in [2.75, 3.05) is 0 Å². The predicted molar refractivity (Wildman–Crippen MR) is 70.9 cm³/mol. The maximum absolute atomic E-state index is 2.41. The zero-order valence-corrected chi connectivity index (χ0v) is 12.0. The molecule has 0 fully saturated rings. The van der Waals surface area contributed by atoms with Crippen LogP contribution in [0.25, 0.3) is 0 Å². The smallest absolute Gasteiger partial charge is 0.0206 e. The normalized spacial score (nSPS) is 19.5. The Morgan fingerprint density at radius 3 is 1.60 bits per heavy atom. The Morgan fingerprint density at radius 1 is 0.800 bits per heavy atom. The fourth-order valence-electron chi connectivity index (χ4n) is 2.15. The molecular weight excluding hydrogens is 180 g/mol. The van der Waals surface area contributed by atoms with E-state index in [0.29, 0.717) is 11.8 Å². The fraction of sp³-hybridized carbons (Fsp3) is 0.867. The van der Waals surface area contributed by atoms with Gasteiger partial charge >= 0.3 is 0 Å². The van der Waals surface area contributed by atoms with Crippen molar-refractivity contribution in [1.29, 1.82) is 0 Å². The average molecular weight is 210 g/mol. The minimum atomic E-state index is 0.675. The maximum Gasteiger partial charge on any atom is -0.0206 e. The predicted octanol–water partition coefficient (Wildman–Crippen LogP) is 5.15. The van der Waals surface area contributed by atoms with Crippen LogP contribution in [0.1, 0.15) is 55.4 Å². The van der Waals surface area contributed by atoms with Crippen molar-refractivity contribution in [3.05, 3.63) is 11.6 Å². The zero-order chi connectivity index (χ0) is 12.2. The van der Waals surface area contributed by atoms with E-state index in [4.69, 9.17) is 0 Å². The Morgan fingerprint density at radius 2 is 1.27 bits per heavy atom. The topological polar surface area (TPSA) is 0 Å². The van der Waals surface area contributed by atoms with E-state index in [1.807, 2.05) is 0 Å². The summed E-state index contributed by atoms with van der Waals surface area (Å²) in [6.07, 6.45) is 2.41. The molecule has 0 N–H and O–H groups in total. The lowest BCUT2D eigenvalue weighted by atomic mass is 9.76. The van der Waals surface area contributed by atoms with Crippen molar-refractivity contribution >= 4 is 0 Å². The van der Waals surface area contributed by atoms with E-state index in [9.17, 15) is 0 Å². The van der Waals surface area contributed by atoms with E-state index >= 15 is 0 Å². The monoisotopic (exact) mass is 210 g/mol. The average Bonchev–Trinajstić information content (AvgIpc) is 2.13. The van der Waals surface area contributed by atoms with Gasteiger partial charge in [-0.1, -0.05) is 60.1 Å². The van der Waals surface area contributed by atoms with Gasteiger partial charge in [-0.3, -0.25) is 0 Å². The largest absolute Gasteiger partial charge is 0.0828 e. The summed E-state index contributed by atoms with van der Waals surface area (Å²) in [7, 11) is 0. The summed E-state index contributed by atoms with van der Waals surface area (Å²) in [5, 5.41) is 0. The third-order valence-corrected chi connectivity index (χ3v) is 3.98. The van der Waals surface area contributed by atoms with E-state index in [2.05, 4.69) is 61.5 Å². The summed E-state index contributed by atoms with van der Waals surface area (Å²) in [6, 6.07) is 0. The van der Waals surface area contributed by atoms with Crippen LogP contribution in [0.5, 0.6) is 0 Å². The van der Waals surface area contributed by atoms with Crippen LogP contribution in [-0.2, 0) is 0 Å². The molecule has 3 atom stereocenters. The highest BCUT2D eigenvalue weighted by Gasteiger charge is 2.22. The molecule has 0 nitrogen and oxygen atoms in total. The first-order valence-electron chi connectivity index (χ1n) is 6.45. The Hall–Kier alpha value is -0.260. The van der Waals surface area contributed by atoms with Crippen LogP contribution in [0.4, 0.5) is 0 Å². The van der Waals surface area contributed by atoms with Gasteiger partial charge < -0.3 is 0 Å². The van der Waals surface area contributed by atoms with Crippen molar-refractivity contribution in [2.24, 2.45) is 29.6 Å². The molecule has 0 heteroatoms. The van der Waals surface area contributed by atoms with E-state index < -0.39 is 0 Å². The van der Waals surface area contributed by atoms with Gasteiger partial charge in [0.2, 0.25) is 0 Å². The van der Waals surface area contributed by atoms with Gasteiger partial charge in [-0.05, 0) is 36.5 Å². The molecule has 0 aromatic heterocycles. The Labute approximate surface area is 97.2 Å². The van der Waals surface area contributed by atoms with Crippen LogP contribution in [0.3, 0.4) is 0 Å². The van der Waals surface area contributed by atoms with Crippen molar-refractivity contribution in [3.63, 3.8) is 0 Å². The van der Waals surface area contributed by atoms with Gasteiger partial charge in [0.05, 0.1) is 0 Å². The lowest BCUT2D eigenvalue weighted by molar-refractivity contribution is 0.243. The van der Waals surface area contributed by atoms with Crippen molar-refractivity contribution in [2.45, 2.75) is 55.4 Å². The minimum absolute atomic E-state index is 0.675. The molecule has 0 spiro atoms. The first-order chi connectivity index (χ1) is 6.77. The van der Waals surface area contributed by atoms with Crippen LogP contribution >= 0.6 is 0 Å². The minimum Gasteiger partial charge on any atom is -0.0828 e. The first-order valence-corrected chi connectivity index (χ1v) is 6.45. The molecule has 0 aromatic rings.